The molecular weight excluding hydrogens is 321 g/mol. The van der Waals surface area contributed by atoms with Crippen molar-refractivity contribution < 1.29 is 23.1 Å². The maximum atomic E-state index is 13.3. The van der Waals surface area contributed by atoms with Gasteiger partial charge in [-0.2, -0.15) is 13.2 Å². The highest BCUT2D eigenvalue weighted by atomic mass is 19.4. The molecule has 0 bridgehead atoms. The third kappa shape index (κ3) is 2.47. The van der Waals surface area contributed by atoms with E-state index in [1.54, 1.807) is 13.0 Å². The molecule has 4 nitrogen and oxygen atoms in total. The van der Waals surface area contributed by atoms with Crippen LogP contribution >= 0.6 is 0 Å². The van der Waals surface area contributed by atoms with E-state index in [0.717, 1.165) is 16.2 Å². The molecule has 0 unspecified atom stereocenters. The fraction of sp³-hybridized carbons (Fsp3) is 0.118. The largest absolute Gasteiger partial charge is 0.464 e. The Bertz CT molecular complexity index is 958. The number of fused-ring (bicyclic) bond motifs is 1. The number of nitrogens with two attached hydrogens (primary N) is 1. The van der Waals surface area contributed by atoms with Crippen molar-refractivity contribution in [1.29, 1.82) is 0 Å². The summed E-state index contributed by atoms with van der Waals surface area (Å²) >= 11 is 0. The van der Waals surface area contributed by atoms with Crippen LogP contribution in [-0.2, 0) is 6.18 Å². The number of nitrogens with zero attached hydrogens (tertiary/aromatic N) is 1. The number of anilines is 1. The van der Waals surface area contributed by atoms with Gasteiger partial charge in [-0.05, 0) is 36.8 Å². The van der Waals surface area contributed by atoms with Gasteiger partial charge in [-0.1, -0.05) is 18.2 Å². The van der Waals surface area contributed by atoms with E-state index in [2.05, 4.69) is 0 Å². The monoisotopic (exact) mass is 334 g/mol. The molecule has 0 aliphatic rings. The van der Waals surface area contributed by atoms with Gasteiger partial charge in [-0.3, -0.25) is 0 Å². The van der Waals surface area contributed by atoms with Gasteiger partial charge in [0.05, 0.1) is 16.8 Å². The lowest BCUT2D eigenvalue weighted by Crippen LogP contribution is -2.12. The molecule has 0 amide bonds. The highest BCUT2D eigenvalue weighted by Gasteiger charge is 2.34. The zero-order valence-electron chi connectivity index (χ0n) is 12.6. The van der Waals surface area contributed by atoms with Crippen LogP contribution in [0.4, 0.5) is 23.7 Å². The Balaban J connectivity index is 2.40. The number of benzene rings is 2. The fourth-order valence-electron chi connectivity index (χ4n) is 2.74. The molecule has 0 atom stereocenters. The highest BCUT2D eigenvalue weighted by molar-refractivity contribution is 5.97. The minimum absolute atomic E-state index is 0.0459. The minimum Gasteiger partial charge on any atom is -0.464 e. The van der Waals surface area contributed by atoms with E-state index >= 15 is 0 Å². The lowest BCUT2D eigenvalue weighted by Gasteiger charge is -2.13. The first kappa shape index (κ1) is 15.9. The van der Waals surface area contributed by atoms with Gasteiger partial charge < -0.3 is 10.8 Å². The SMILES string of the molecule is Cc1cc2cc(-c3ccccc3C(F)(F)F)n(C(=O)O)c2cc1N. The molecule has 0 saturated carbocycles. The first-order chi connectivity index (χ1) is 11.2. The van der Waals surface area contributed by atoms with Gasteiger partial charge >= 0.3 is 12.3 Å². The van der Waals surface area contributed by atoms with Gasteiger partial charge in [0.1, 0.15) is 0 Å². The molecule has 1 heterocycles. The van der Waals surface area contributed by atoms with Crippen LogP contribution in [0.3, 0.4) is 0 Å². The summed E-state index contributed by atoms with van der Waals surface area (Å²) in [4.78, 5) is 11.7. The predicted molar refractivity (Wildman–Crippen MR) is 84.9 cm³/mol. The predicted octanol–water partition coefficient (Wildman–Crippen LogP) is 4.74. The summed E-state index contributed by atoms with van der Waals surface area (Å²) in [7, 11) is 0. The van der Waals surface area contributed by atoms with E-state index in [1.165, 1.54) is 30.3 Å². The van der Waals surface area contributed by atoms with Crippen molar-refractivity contribution in [1.82, 2.24) is 4.57 Å². The van der Waals surface area contributed by atoms with Crippen molar-refractivity contribution in [2.45, 2.75) is 13.1 Å². The first-order valence-corrected chi connectivity index (χ1v) is 7.01. The molecular formula is C17H13F3N2O2. The molecule has 3 aromatic rings. The molecule has 2 aromatic carbocycles. The van der Waals surface area contributed by atoms with Crippen LogP contribution in [0, 0.1) is 6.92 Å². The van der Waals surface area contributed by atoms with Crippen molar-refractivity contribution in [3.05, 3.63) is 53.6 Å². The van der Waals surface area contributed by atoms with Gasteiger partial charge in [0.15, 0.2) is 0 Å². The van der Waals surface area contributed by atoms with E-state index in [-0.39, 0.29) is 16.8 Å². The lowest BCUT2D eigenvalue weighted by atomic mass is 10.0. The number of alkyl halides is 3. The van der Waals surface area contributed by atoms with Gasteiger partial charge in [-0.25, -0.2) is 9.36 Å². The van der Waals surface area contributed by atoms with Gasteiger partial charge in [-0.15, -0.1) is 0 Å². The first-order valence-electron chi connectivity index (χ1n) is 7.01. The number of carboxylic acid groups (broad SMARTS) is 1. The summed E-state index contributed by atoms with van der Waals surface area (Å²) in [6, 6.07) is 9.44. The molecule has 0 spiro atoms. The second kappa shape index (κ2) is 5.30. The van der Waals surface area contributed by atoms with Gasteiger partial charge in [0, 0.05) is 16.6 Å². The maximum Gasteiger partial charge on any atom is 0.417 e. The number of halogens is 3. The molecule has 3 rings (SSSR count). The Labute approximate surface area is 134 Å². The second-order valence-corrected chi connectivity index (χ2v) is 5.46. The van der Waals surface area contributed by atoms with E-state index in [4.69, 9.17) is 5.73 Å². The normalized spacial score (nSPS) is 11.8. The lowest BCUT2D eigenvalue weighted by molar-refractivity contribution is -0.137. The van der Waals surface area contributed by atoms with Crippen LogP contribution in [0.25, 0.3) is 22.2 Å². The Morgan fingerprint density at radius 2 is 1.83 bits per heavy atom. The number of nitrogen functional groups attached to an aromatic ring is 1. The van der Waals surface area contributed by atoms with E-state index < -0.39 is 17.8 Å². The number of aromatic nitrogens is 1. The molecule has 24 heavy (non-hydrogen) atoms. The van der Waals surface area contributed by atoms with Gasteiger partial charge in [0.25, 0.3) is 0 Å². The fourth-order valence-corrected chi connectivity index (χ4v) is 2.74. The van der Waals surface area contributed by atoms with Crippen LogP contribution in [0.5, 0.6) is 0 Å². The van der Waals surface area contributed by atoms with Crippen LogP contribution in [-0.4, -0.2) is 15.8 Å². The molecule has 3 N–H and O–H groups in total. The summed E-state index contributed by atoms with van der Waals surface area (Å²) in [6.45, 7) is 1.75. The number of rotatable bonds is 1. The van der Waals surface area contributed by atoms with Crippen LogP contribution in [0.1, 0.15) is 11.1 Å². The summed E-state index contributed by atoms with van der Waals surface area (Å²) < 4.78 is 40.7. The standard InChI is InChI=1S/C17H13F3N2O2/c1-9-6-10-7-15(22(16(23)24)14(10)8-13(9)21)11-4-2-3-5-12(11)17(18,19)20/h2-8H,21H2,1H3,(H,23,24). The van der Waals surface area contributed by atoms with Crippen molar-refractivity contribution in [2.24, 2.45) is 0 Å². The molecule has 7 heteroatoms. The minimum atomic E-state index is -4.59. The zero-order valence-corrected chi connectivity index (χ0v) is 12.6. The summed E-state index contributed by atoms with van der Waals surface area (Å²) in [5, 5.41) is 10.0. The van der Waals surface area contributed by atoms with Crippen LogP contribution in [0.2, 0.25) is 0 Å². The number of carbonyl (C=O) groups is 1. The Hall–Kier alpha value is -2.96. The quantitative estimate of drug-likeness (QED) is 0.631. The molecule has 0 aliphatic carbocycles. The van der Waals surface area contributed by atoms with E-state index in [1.807, 2.05) is 0 Å². The second-order valence-electron chi connectivity index (χ2n) is 5.46. The van der Waals surface area contributed by atoms with Crippen molar-refractivity contribution in [2.75, 3.05) is 5.73 Å². The molecule has 0 fully saturated rings. The Kier molecular flexibility index (Phi) is 3.51. The summed E-state index contributed by atoms with van der Waals surface area (Å²) in [5.41, 5.74) is 6.03. The zero-order chi connectivity index (χ0) is 17.6. The summed E-state index contributed by atoms with van der Waals surface area (Å²) in [6.07, 6.45) is -5.97. The Morgan fingerprint density at radius 1 is 1.17 bits per heavy atom. The van der Waals surface area contributed by atoms with E-state index in [0.29, 0.717) is 11.1 Å². The Morgan fingerprint density at radius 3 is 2.46 bits per heavy atom. The molecule has 1 aromatic heterocycles. The van der Waals surface area contributed by atoms with Crippen molar-refractivity contribution >= 4 is 22.7 Å². The molecule has 0 aliphatic heterocycles. The van der Waals surface area contributed by atoms with Crippen LogP contribution < -0.4 is 5.73 Å². The number of hydrogen-bond donors (Lipinski definition) is 2. The van der Waals surface area contributed by atoms with E-state index in [9.17, 15) is 23.1 Å². The smallest absolute Gasteiger partial charge is 0.417 e. The van der Waals surface area contributed by atoms with Crippen LogP contribution in [0.15, 0.2) is 42.5 Å². The number of hydrogen-bond acceptors (Lipinski definition) is 2. The van der Waals surface area contributed by atoms with Gasteiger partial charge in [0.2, 0.25) is 0 Å². The average Bonchev–Trinajstić information content (AvgIpc) is 2.85. The molecule has 0 radical (unpaired) electrons. The molecule has 0 saturated heterocycles. The van der Waals surface area contributed by atoms with Crippen molar-refractivity contribution in [3.8, 4) is 11.3 Å². The number of aryl methyl sites for hydroxylation is 1. The summed E-state index contributed by atoms with van der Waals surface area (Å²) in [5.74, 6) is 0. The maximum absolute atomic E-state index is 13.3. The average molecular weight is 334 g/mol. The topological polar surface area (TPSA) is 68.2 Å². The third-order valence-electron chi connectivity index (χ3n) is 3.89. The highest BCUT2D eigenvalue weighted by Crippen LogP contribution is 2.39. The molecule has 124 valence electrons. The van der Waals surface area contributed by atoms with Crippen molar-refractivity contribution in [3.63, 3.8) is 0 Å². The third-order valence-corrected chi connectivity index (χ3v) is 3.89.